The quantitative estimate of drug-likeness (QED) is 0.506. The molecule has 4 heteroatoms. The van der Waals surface area contributed by atoms with Crippen molar-refractivity contribution < 1.29 is 19.7 Å². The molecule has 0 aliphatic rings. The molecule has 4 nitrogen and oxygen atoms in total. The van der Waals surface area contributed by atoms with Gasteiger partial charge in [0, 0.05) is 13.2 Å². The summed E-state index contributed by atoms with van der Waals surface area (Å²) in [5.74, 6) is -1.64. The minimum Gasteiger partial charge on any atom is -0.481 e. The second-order valence-corrected chi connectivity index (χ2v) is 5.22. The molecule has 114 valence electrons. The molecule has 0 bridgehead atoms. The predicted molar refractivity (Wildman–Crippen MR) is 76.2 cm³/mol. The van der Waals surface area contributed by atoms with E-state index >= 15 is 0 Å². The smallest absolute Gasteiger partial charge is 0.308 e. The highest BCUT2D eigenvalue weighted by Gasteiger charge is 2.20. The summed E-state index contributed by atoms with van der Waals surface area (Å²) in [6.45, 7) is 5.13. The van der Waals surface area contributed by atoms with Gasteiger partial charge in [-0.15, -0.1) is 0 Å². The average Bonchev–Trinajstić information content (AvgIpc) is 2.39. The molecular formula is C15H30O4. The molecule has 0 heterocycles. The summed E-state index contributed by atoms with van der Waals surface area (Å²) in [6, 6.07) is 0. The molecule has 0 aromatic rings. The topological polar surface area (TPSA) is 66.8 Å². The van der Waals surface area contributed by atoms with E-state index < -0.39 is 18.0 Å². The molecule has 2 N–H and O–H groups in total. The number of carbonyl (C=O) groups is 1. The lowest BCUT2D eigenvalue weighted by Gasteiger charge is -2.14. The Hall–Kier alpha value is -0.610. The molecule has 0 spiro atoms. The number of carboxylic acid groups (broad SMARTS) is 1. The van der Waals surface area contributed by atoms with Gasteiger partial charge in [0.05, 0.1) is 12.0 Å². The summed E-state index contributed by atoms with van der Waals surface area (Å²) in [6.07, 6.45) is 7.94. The van der Waals surface area contributed by atoms with Crippen molar-refractivity contribution in [1.82, 2.24) is 0 Å². The van der Waals surface area contributed by atoms with Gasteiger partial charge in [-0.3, -0.25) is 4.79 Å². The molecule has 0 saturated carbocycles. The standard InChI is InChI=1S/C15H30O4/c1-3-4-5-6-7-8-11-19-12-9-10-14(16)13(2)15(17)18/h13-14,16H,3-12H2,1-2H3,(H,17,18). The molecule has 2 atom stereocenters. The van der Waals surface area contributed by atoms with Gasteiger partial charge < -0.3 is 14.9 Å². The number of hydrogen-bond donors (Lipinski definition) is 2. The third-order valence-electron chi connectivity index (χ3n) is 3.40. The van der Waals surface area contributed by atoms with Crippen molar-refractivity contribution in [3.8, 4) is 0 Å². The van der Waals surface area contributed by atoms with Crippen molar-refractivity contribution in [3.05, 3.63) is 0 Å². The summed E-state index contributed by atoms with van der Waals surface area (Å²) >= 11 is 0. The molecule has 0 rings (SSSR count). The Morgan fingerprint density at radius 3 is 2.26 bits per heavy atom. The third kappa shape index (κ3) is 11.0. The maximum Gasteiger partial charge on any atom is 0.308 e. The first-order valence-corrected chi connectivity index (χ1v) is 7.58. The van der Waals surface area contributed by atoms with Gasteiger partial charge in [-0.05, 0) is 26.2 Å². The number of unbranched alkanes of at least 4 members (excludes halogenated alkanes) is 5. The molecule has 0 radical (unpaired) electrons. The summed E-state index contributed by atoms with van der Waals surface area (Å²) in [5.41, 5.74) is 0. The van der Waals surface area contributed by atoms with Gasteiger partial charge in [-0.1, -0.05) is 39.0 Å². The summed E-state index contributed by atoms with van der Waals surface area (Å²) < 4.78 is 5.47. The van der Waals surface area contributed by atoms with E-state index in [4.69, 9.17) is 9.84 Å². The number of carboxylic acids is 1. The minimum atomic E-state index is -0.944. The van der Waals surface area contributed by atoms with Crippen LogP contribution in [0.4, 0.5) is 0 Å². The Morgan fingerprint density at radius 2 is 1.63 bits per heavy atom. The molecule has 0 aliphatic heterocycles. The Bertz CT molecular complexity index is 218. The molecule has 2 unspecified atom stereocenters. The Balaban J connectivity index is 3.25. The predicted octanol–water partition coefficient (Wildman–Crippen LogP) is 3.23. The number of ether oxygens (including phenoxy) is 1. The molecule has 19 heavy (non-hydrogen) atoms. The van der Waals surface area contributed by atoms with Crippen molar-refractivity contribution in [2.24, 2.45) is 5.92 Å². The van der Waals surface area contributed by atoms with Crippen molar-refractivity contribution in [2.45, 2.75) is 71.3 Å². The van der Waals surface area contributed by atoms with Crippen molar-refractivity contribution in [2.75, 3.05) is 13.2 Å². The molecule has 0 amide bonds. The van der Waals surface area contributed by atoms with E-state index in [0.29, 0.717) is 19.4 Å². The van der Waals surface area contributed by atoms with Crippen LogP contribution in [-0.2, 0) is 9.53 Å². The van der Waals surface area contributed by atoms with Crippen LogP contribution in [0.3, 0.4) is 0 Å². The van der Waals surface area contributed by atoms with Crippen LogP contribution >= 0.6 is 0 Å². The minimum absolute atomic E-state index is 0.490. The lowest BCUT2D eigenvalue weighted by molar-refractivity contribution is -0.145. The zero-order valence-electron chi connectivity index (χ0n) is 12.4. The third-order valence-corrected chi connectivity index (χ3v) is 3.40. The van der Waals surface area contributed by atoms with Gasteiger partial charge >= 0.3 is 5.97 Å². The lowest BCUT2D eigenvalue weighted by Crippen LogP contribution is -2.25. The fourth-order valence-corrected chi connectivity index (χ4v) is 1.90. The van der Waals surface area contributed by atoms with Crippen LogP contribution < -0.4 is 0 Å². The SMILES string of the molecule is CCCCCCCCOCCCC(O)C(C)C(=O)O. The van der Waals surface area contributed by atoms with Gasteiger partial charge in [-0.25, -0.2) is 0 Å². The average molecular weight is 274 g/mol. The zero-order valence-corrected chi connectivity index (χ0v) is 12.4. The Morgan fingerprint density at radius 1 is 1.05 bits per heavy atom. The second-order valence-electron chi connectivity index (χ2n) is 5.22. The van der Waals surface area contributed by atoms with Crippen molar-refractivity contribution >= 4 is 5.97 Å². The van der Waals surface area contributed by atoms with E-state index in [-0.39, 0.29) is 0 Å². The van der Waals surface area contributed by atoms with E-state index in [1.165, 1.54) is 39.0 Å². The molecule has 0 aliphatic carbocycles. The zero-order chi connectivity index (χ0) is 14.5. The van der Waals surface area contributed by atoms with Gasteiger partial charge in [0.15, 0.2) is 0 Å². The number of aliphatic carboxylic acids is 1. The highest BCUT2D eigenvalue weighted by atomic mass is 16.5. The highest BCUT2D eigenvalue weighted by Crippen LogP contribution is 2.10. The van der Waals surface area contributed by atoms with E-state index in [0.717, 1.165) is 13.0 Å². The van der Waals surface area contributed by atoms with Gasteiger partial charge in [-0.2, -0.15) is 0 Å². The number of aliphatic hydroxyl groups excluding tert-OH is 1. The van der Waals surface area contributed by atoms with Crippen LogP contribution in [0.1, 0.15) is 65.2 Å². The van der Waals surface area contributed by atoms with Gasteiger partial charge in [0.2, 0.25) is 0 Å². The van der Waals surface area contributed by atoms with Crippen LogP contribution in [-0.4, -0.2) is 35.5 Å². The first kappa shape index (κ1) is 18.4. The number of hydrogen-bond acceptors (Lipinski definition) is 3. The van der Waals surface area contributed by atoms with Crippen LogP contribution in [0.25, 0.3) is 0 Å². The first-order valence-electron chi connectivity index (χ1n) is 7.58. The van der Waals surface area contributed by atoms with Gasteiger partial charge in [0.1, 0.15) is 0 Å². The molecule has 0 aromatic carbocycles. The maximum absolute atomic E-state index is 10.6. The van der Waals surface area contributed by atoms with Crippen LogP contribution in [0, 0.1) is 5.92 Å². The monoisotopic (exact) mass is 274 g/mol. The normalized spacial score (nSPS) is 14.3. The Kier molecular flexibility index (Phi) is 12.0. The van der Waals surface area contributed by atoms with E-state index in [9.17, 15) is 9.90 Å². The number of aliphatic hydroxyl groups is 1. The Labute approximate surface area is 117 Å². The van der Waals surface area contributed by atoms with Crippen molar-refractivity contribution in [1.29, 1.82) is 0 Å². The van der Waals surface area contributed by atoms with E-state index in [1.807, 2.05) is 0 Å². The molecule has 0 fully saturated rings. The fourth-order valence-electron chi connectivity index (χ4n) is 1.90. The first-order chi connectivity index (χ1) is 9.09. The molecule has 0 aromatic heterocycles. The van der Waals surface area contributed by atoms with Crippen LogP contribution in [0.5, 0.6) is 0 Å². The van der Waals surface area contributed by atoms with Gasteiger partial charge in [0.25, 0.3) is 0 Å². The summed E-state index contributed by atoms with van der Waals surface area (Å²) in [7, 11) is 0. The largest absolute Gasteiger partial charge is 0.481 e. The molecule has 0 saturated heterocycles. The van der Waals surface area contributed by atoms with E-state index in [2.05, 4.69) is 6.92 Å². The van der Waals surface area contributed by atoms with Crippen molar-refractivity contribution in [3.63, 3.8) is 0 Å². The van der Waals surface area contributed by atoms with Crippen LogP contribution in [0.2, 0.25) is 0 Å². The number of rotatable bonds is 13. The molecular weight excluding hydrogens is 244 g/mol. The summed E-state index contributed by atoms with van der Waals surface area (Å²) in [5, 5.41) is 18.3. The second kappa shape index (κ2) is 12.4. The lowest BCUT2D eigenvalue weighted by atomic mass is 10.0. The van der Waals surface area contributed by atoms with Crippen LogP contribution in [0.15, 0.2) is 0 Å². The maximum atomic E-state index is 10.6. The fraction of sp³-hybridized carbons (Fsp3) is 0.933. The van der Waals surface area contributed by atoms with E-state index in [1.54, 1.807) is 0 Å². The highest BCUT2D eigenvalue weighted by molar-refractivity contribution is 5.70. The summed E-state index contributed by atoms with van der Waals surface area (Å²) in [4.78, 5) is 10.6.